The molecule has 5 heteroatoms. The van der Waals surface area contributed by atoms with Crippen LogP contribution in [0.25, 0.3) is 0 Å². The number of aldehydes is 1. The van der Waals surface area contributed by atoms with Gasteiger partial charge in [-0.15, -0.1) is 0 Å². The Morgan fingerprint density at radius 3 is 2.73 bits per heavy atom. The van der Waals surface area contributed by atoms with E-state index in [1.165, 1.54) is 6.07 Å². The molecule has 0 aliphatic rings. The van der Waals surface area contributed by atoms with E-state index in [4.69, 9.17) is 4.74 Å². The van der Waals surface area contributed by atoms with Gasteiger partial charge >= 0.3 is 0 Å². The summed E-state index contributed by atoms with van der Waals surface area (Å²) in [4.78, 5) is 10.6. The molecule has 0 heterocycles. The first-order valence-corrected chi connectivity index (χ1v) is 4.97. The van der Waals surface area contributed by atoms with Crippen LogP contribution in [0.4, 0.5) is 8.78 Å². The van der Waals surface area contributed by atoms with Crippen LogP contribution in [0.5, 0.6) is 5.75 Å². The number of carbonyl (C=O) groups is 1. The zero-order valence-corrected chi connectivity index (χ0v) is 9.55. The van der Waals surface area contributed by atoms with Gasteiger partial charge in [-0.05, 0) is 28.1 Å². The van der Waals surface area contributed by atoms with Crippen LogP contribution in [-0.4, -0.2) is 18.8 Å². The van der Waals surface area contributed by atoms with E-state index in [0.29, 0.717) is 10.8 Å². The minimum atomic E-state index is -2.92. The van der Waals surface area contributed by atoms with Crippen molar-refractivity contribution in [2.24, 2.45) is 0 Å². The molecule has 0 saturated carbocycles. The number of rotatable bonds is 4. The Bertz CT molecular complexity index is 361. The summed E-state index contributed by atoms with van der Waals surface area (Å²) in [7, 11) is 0. The summed E-state index contributed by atoms with van der Waals surface area (Å²) in [6.45, 7) is 0.000874. The average molecular weight is 279 g/mol. The molecule has 0 spiro atoms. The Morgan fingerprint density at radius 1 is 1.53 bits per heavy atom. The summed E-state index contributed by atoms with van der Waals surface area (Å²) in [5.41, 5.74) is 0.244. The Morgan fingerprint density at radius 2 is 2.20 bits per heavy atom. The van der Waals surface area contributed by atoms with E-state index in [2.05, 4.69) is 15.9 Å². The zero-order valence-electron chi connectivity index (χ0n) is 7.97. The maximum Gasteiger partial charge on any atom is 0.278 e. The summed E-state index contributed by atoms with van der Waals surface area (Å²) in [5.74, 6) is -2.77. The van der Waals surface area contributed by atoms with Gasteiger partial charge < -0.3 is 4.74 Å². The fraction of sp³-hybridized carbons (Fsp3) is 0.300. The molecule has 1 rings (SSSR count). The lowest BCUT2D eigenvalue weighted by molar-refractivity contribution is -0.0233. The molecule has 1 aromatic carbocycles. The van der Waals surface area contributed by atoms with Crippen LogP contribution in [0.15, 0.2) is 22.7 Å². The predicted octanol–water partition coefficient (Wildman–Crippen LogP) is 3.30. The minimum Gasteiger partial charge on any atom is -0.485 e. The Balaban J connectivity index is 2.88. The van der Waals surface area contributed by atoms with E-state index in [-0.39, 0.29) is 11.3 Å². The smallest absolute Gasteiger partial charge is 0.278 e. The van der Waals surface area contributed by atoms with Crippen molar-refractivity contribution >= 4 is 22.2 Å². The SMILES string of the molecule is CC(F)(F)COc1c(Br)cccc1C=O. The van der Waals surface area contributed by atoms with Crippen molar-refractivity contribution in [3.8, 4) is 5.75 Å². The summed E-state index contributed by atoms with van der Waals surface area (Å²) >= 11 is 3.13. The molecule has 0 amide bonds. The van der Waals surface area contributed by atoms with Gasteiger partial charge in [0.1, 0.15) is 5.75 Å². The molecule has 0 aliphatic heterocycles. The number of para-hydroxylation sites is 1. The van der Waals surface area contributed by atoms with Crippen LogP contribution in [-0.2, 0) is 0 Å². The van der Waals surface area contributed by atoms with Gasteiger partial charge in [-0.3, -0.25) is 4.79 Å². The van der Waals surface area contributed by atoms with Gasteiger partial charge in [0.05, 0.1) is 10.0 Å². The number of benzene rings is 1. The van der Waals surface area contributed by atoms with E-state index in [0.717, 1.165) is 6.92 Å². The topological polar surface area (TPSA) is 26.3 Å². The fourth-order valence-electron chi connectivity index (χ4n) is 0.969. The van der Waals surface area contributed by atoms with E-state index in [9.17, 15) is 13.6 Å². The van der Waals surface area contributed by atoms with Crippen LogP contribution in [0, 0.1) is 0 Å². The van der Waals surface area contributed by atoms with Crippen molar-refractivity contribution in [2.45, 2.75) is 12.8 Å². The molecule has 0 unspecified atom stereocenters. The minimum absolute atomic E-state index is 0.147. The van der Waals surface area contributed by atoms with Gasteiger partial charge in [-0.25, -0.2) is 8.78 Å². The number of halogens is 3. The molecule has 0 aromatic heterocycles. The van der Waals surface area contributed by atoms with E-state index >= 15 is 0 Å². The second kappa shape index (κ2) is 4.70. The molecule has 0 saturated heterocycles. The quantitative estimate of drug-likeness (QED) is 0.790. The maximum atomic E-state index is 12.5. The monoisotopic (exact) mass is 278 g/mol. The van der Waals surface area contributed by atoms with Crippen LogP contribution >= 0.6 is 15.9 Å². The van der Waals surface area contributed by atoms with Crippen LogP contribution in [0.1, 0.15) is 17.3 Å². The maximum absolute atomic E-state index is 12.5. The van der Waals surface area contributed by atoms with Crippen molar-refractivity contribution in [2.75, 3.05) is 6.61 Å². The first kappa shape index (κ1) is 12.1. The summed E-state index contributed by atoms with van der Waals surface area (Å²) in [6, 6.07) is 4.75. The number of hydrogen-bond acceptors (Lipinski definition) is 2. The Kier molecular flexibility index (Phi) is 3.79. The van der Waals surface area contributed by atoms with Gasteiger partial charge in [-0.2, -0.15) is 0 Å². The van der Waals surface area contributed by atoms with Crippen LogP contribution in [0.3, 0.4) is 0 Å². The Labute approximate surface area is 94.4 Å². The van der Waals surface area contributed by atoms with Gasteiger partial charge in [-0.1, -0.05) is 6.07 Å². The zero-order chi connectivity index (χ0) is 11.5. The molecule has 1 aromatic rings. The molecule has 15 heavy (non-hydrogen) atoms. The van der Waals surface area contributed by atoms with E-state index in [1.807, 2.05) is 0 Å². The van der Waals surface area contributed by atoms with Crippen molar-refractivity contribution in [3.63, 3.8) is 0 Å². The van der Waals surface area contributed by atoms with Crippen molar-refractivity contribution in [1.29, 1.82) is 0 Å². The normalized spacial score (nSPS) is 11.2. The molecule has 0 atom stereocenters. The van der Waals surface area contributed by atoms with Crippen molar-refractivity contribution in [1.82, 2.24) is 0 Å². The van der Waals surface area contributed by atoms with Crippen LogP contribution in [0.2, 0.25) is 0 Å². The standard InChI is InChI=1S/C10H9BrF2O2/c1-10(12,13)6-15-9-7(5-14)3-2-4-8(9)11/h2-5H,6H2,1H3. The lowest BCUT2D eigenvalue weighted by Gasteiger charge is -2.14. The third kappa shape index (κ3) is 3.58. The highest BCUT2D eigenvalue weighted by Gasteiger charge is 2.23. The highest BCUT2D eigenvalue weighted by Crippen LogP contribution is 2.29. The molecule has 82 valence electrons. The summed E-state index contributed by atoms with van der Waals surface area (Å²) in [5, 5.41) is 0. The molecule has 0 fully saturated rings. The van der Waals surface area contributed by atoms with Gasteiger partial charge in [0, 0.05) is 6.92 Å². The summed E-state index contributed by atoms with van der Waals surface area (Å²) < 4.78 is 30.5. The van der Waals surface area contributed by atoms with Crippen molar-refractivity contribution in [3.05, 3.63) is 28.2 Å². The van der Waals surface area contributed by atoms with Gasteiger partial charge in [0.25, 0.3) is 5.92 Å². The first-order chi connectivity index (χ1) is 6.94. The number of carbonyl (C=O) groups excluding carboxylic acids is 1. The molecule has 0 radical (unpaired) electrons. The number of hydrogen-bond donors (Lipinski definition) is 0. The van der Waals surface area contributed by atoms with Crippen molar-refractivity contribution < 1.29 is 18.3 Å². The van der Waals surface area contributed by atoms with Gasteiger partial charge in [0.15, 0.2) is 12.9 Å². The second-order valence-corrected chi connectivity index (χ2v) is 3.99. The second-order valence-electron chi connectivity index (χ2n) is 3.13. The lowest BCUT2D eigenvalue weighted by atomic mass is 10.2. The molecule has 0 aliphatic carbocycles. The fourth-order valence-corrected chi connectivity index (χ4v) is 1.47. The molecular formula is C10H9BrF2O2. The third-order valence-corrected chi connectivity index (χ3v) is 2.22. The Hall–Kier alpha value is -0.970. The molecular weight excluding hydrogens is 270 g/mol. The summed E-state index contributed by atoms with van der Waals surface area (Å²) in [6.07, 6.45) is 0.563. The highest BCUT2D eigenvalue weighted by atomic mass is 79.9. The first-order valence-electron chi connectivity index (χ1n) is 4.18. The highest BCUT2D eigenvalue weighted by molar-refractivity contribution is 9.10. The largest absolute Gasteiger partial charge is 0.485 e. The number of alkyl halides is 2. The van der Waals surface area contributed by atoms with Crippen LogP contribution < -0.4 is 4.74 Å². The third-order valence-electron chi connectivity index (χ3n) is 1.59. The number of ether oxygens (including phenoxy) is 1. The lowest BCUT2D eigenvalue weighted by Crippen LogP contribution is -2.21. The average Bonchev–Trinajstić information content (AvgIpc) is 2.14. The predicted molar refractivity (Wildman–Crippen MR) is 55.6 cm³/mol. The van der Waals surface area contributed by atoms with E-state index < -0.39 is 12.5 Å². The van der Waals surface area contributed by atoms with Gasteiger partial charge in [0.2, 0.25) is 0 Å². The molecule has 0 N–H and O–H groups in total. The molecule has 0 bridgehead atoms. The van der Waals surface area contributed by atoms with E-state index in [1.54, 1.807) is 12.1 Å². The molecule has 2 nitrogen and oxygen atoms in total.